The highest BCUT2D eigenvalue weighted by Gasteiger charge is 2.29. The molecule has 2 rings (SSSR count). The highest BCUT2D eigenvalue weighted by Crippen LogP contribution is 2.31. The van der Waals surface area contributed by atoms with Gasteiger partial charge in [-0.3, -0.25) is 0 Å². The number of nitrogens with two attached hydrogens (primary N) is 1. The highest BCUT2D eigenvalue weighted by molar-refractivity contribution is 5.37. The van der Waals surface area contributed by atoms with E-state index < -0.39 is 0 Å². The van der Waals surface area contributed by atoms with Crippen LogP contribution in [0.25, 0.3) is 0 Å². The third kappa shape index (κ3) is 3.73. The first-order chi connectivity index (χ1) is 9.24. The van der Waals surface area contributed by atoms with Gasteiger partial charge in [0, 0.05) is 12.5 Å². The van der Waals surface area contributed by atoms with Crippen molar-refractivity contribution in [3.63, 3.8) is 0 Å². The lowest BCUT2D eigenvalue weighted by Crippen LogP contribution is -2.39. The largest absolute Gasteiger partial charge is 0.488 e. The van der Waals surface area contributed by atoms with Gasteiger partial charge in [0.15, 0.2) is 0 Å². The molecule has 3 unspecified atom stereocenters. The van der Waals surface area contributed by atoms with Crippen LogP contribution in [0.3, 0.4) is 0 Å². The molecule has 19 heavy (non-hydrogen) atoms. The van der Waals surface area contributed by atoms with Crippen molar-refractivity contribution in [2.75, 3.05) is 0 Å². The Balaban J connectivity index is 1.86. The van der Waals surface area contributed by atoms with Crippen molar-refractivity contribution >= 4 is 0 Å². The summed E-state index contributed by atoms with van der Waals surface area (Å²) in [5.41, 5.74) is 7.69. The van der Waals surface area contributed by atoms with Crippen LogP contribution in [0.5, 0.6) is 5.75 Å². The minimum absolute atomic E-state index is 0.161. The smallest absolute Gasteiger partial charge is 0.123 e. The van der Waals surface area contributed by atoms with Crippen molar-refractivity contribution in [1.82, 2.24) is 0 Å². The van der Waals surface area contributed by atoms with Crippen molar-refractivity contribution in [1.29, 1.82) is 0 Å². The monoisotopic (exact) mass is 261 g/mol. The number of rotatable bonds is 7. The second kappa shape index (κ2) is 6.95. The molecule has 3 atom stereocenters. The molecular formula is C17H27NO. The summed E-state index contributed by atoms with van der Waals surface area (Å²) in [7, 11) is 0. The molecule has 1 aliphatic heterocycles. The van der Waals surface area contributed by atoms with Gasteiger partial charge in [0.25, 0.3) is 0 Å². The molecule has 0 saturated carbocycles. The Bertz CT molecular complexity index is 366. The van der Waals surface area contributed by atoms with E-state index in [9.17, 15) is 0 Å². The van der Waals surface area contributed by atoms with Gasteiger partial charge in [0.1, 0.15) is 11.9 Å². The van der Waals surface area contributed by atoms with Crippen molar-refractivity contribution in [3.8, 4) is 5.75 Å². The number of unbranched alkanes of at least 4 members (excludes halogenated alkanes) is 1. The van der Waals surface area contributed by atoms with E-state index in [1.54, 1.807) is 0 Å². The van der Waals surface area contributed by atoms with Crippen molar-refractivity contribution in [3.05, 3.63) is 29.8 Å². The number of hydrogen-bond acceptors (Lipinski definition) is 2. The van der Waals surface area contributed by atoms with Gasteiger partial charge in [0.05, 0.1) is 0 Å². The topological polar surface area (TPSA) is 35.2 Å². The molecule has 2 heteroatoms. The molecule has 0 bridgehead atoms. The number of ether oxygens (including phenoxy) is 1. The van der Waals surface area contributed by atoms with Crippen LogP contribution in [0, 0.1) is 5.92 Å². The summed E-state index contributed by atoms with van der Waals surface area (Å²) in [5, 5.41) is 0. The zero-order valence-corrected chi connectivity index (χ0v) is 12.3. The highest BCUT2D eigenvalue weighted by atomic mass is 16.5. The van der Waals surface area contributed by atoms with Crippen LogP contribution in [-0.4, -0.2) is 12.1 Å². The summed E-state index contributed by atoms with van der Waals surface area (Å²) >= 11 is 0. The Morgan fingerprint density at radius 3 is 2.79 bits per heavy atom. The Hall–Kier alpha value is -1.02. The Morgan fingerprint density at radius 2 is 2.11 bits per heavy atom. The second-order valence-corrected chi connectivity index (χ2v) is 5.78. The van der Waals surface area contributed by atoms with Crippen LogP contribution >= 0.6 is 0 Å². The van der Waals surface area contributed by atoms with Crippen LogP contribution < -0.4 is 10.5 Å². The van der Waals surface area contributed by atoms with Gasteiger partial charge >= 0.3 is 0 Å². The predicted molar refractivity (Wildman–Crippen MR) is 80.5 cm³/mol. The lowest BCUT2D eigenvalue weighted by atomic mass is 9.89. The number of hydrogen-bond donors (Lipinski definition) is 1. The molecule has 0 saturated heterocycles. The van der Waals surface area contributed by atoms with E-state index >= 15 is 0 Å². The molecule has 0 spiro atoms. The molecule has 0 amide bonds. The van der Waals surface area contributed by atoms with Gasteiger partial charge in [-0.15, -0.1) is 0 Å². The molecule has 106 valence electrons. The average Bonchev–Trinajstić information content (AvgIpc) is 2.87. The molecule has 1 aromatic rings. The summed E-state index contributed by atoms with van der Waals surface area (Å²) in [6.45, 7) is 4.53. The minimum Gasteiger partial charge on any atom is -0.488 e. The van der Waals surface area contributed by atoms with E-state index in [1.807, 2.05) is 6.07 Å². The minimum atomic E-state index is 0.161. The Kier molecular flexibility index (Phi) is 5.26. The van der Waals surface area contributed by atoms with Crippen LogP contribution in [0.15, 0.2) is 24.3 Å². The normalized spacial score (nSPS) is 20.7. The second-order valence-electron chi connectivity index (χ2n) is 5.78. The number of fused-ring (bicyclic) bond motifs is 1. The quantitative estimate of drug-likeness (QED) is 0.807. The molecule has 2 nitrogen and oxygen atoms in total. The summed E-state index contributed by atoms with van der Waals surface area (Å²) < 4.78 is 5.99. The maximum Gasteiger partial charge on any atom is 0.123 e. The van der Waals surface area contributed by atoms with Crippen LogP contribution in [-0.2, 0) is 6.42 Å². The van der Waals surface area contributed by atoms with Gasteiger partial charge in [-0.05, 0) is 24.0 Å². The summed E-state index contributed by atoms with van der Waals surface area (Å²) in [6.07, 6.45) is 7.37. The van der Waals surface area contributed by atoms with Crippen LogP contribution in [0.4, 0.5) is 0 Å². The van der Waals surface area contributed by atoms with Crippen LogP contribution in [0.1, 0.15) is 51.5 Å². The average molecular weight is 261 g/mol. The third-order valence-electron chi connectivity index (χ3n) is 4.30. The fourth-order valence-corrected chi connectivity index (χ4v) is 2.97. The van der Waals surface area contributed by atoms with E-state index in [0.717, 1.165) is 24.5 Å². The van der Waals surface area contributed by atoms with E-state index in [1.165, 1.54) is 31.2 Å². The fourth-order valence-electron chi connectivity index (χ4n) is 2.97. The zero-order valence-electron chi connectivity index (χ0n) is 12.3. The van der Waals surface area contributed by atoms with Crippen molar-refractivity contribution < 1.29 is 4.74 Å². The predicted octanol–water partition coefficient (Wildman–Crippen LogP) is 3.92. The Labute approximate surface area is 117 Å². The first-order valence-electron chi connectivity index (χ1n) is 7.74. The van der Waals surface area contributed by atoms with Crippen LogP contribution in [0.2, 0.25) is 0 Å². The molecule has 0 fully saturated rings. The molecule has 2 N–H and O–H groups in total. The lowest BCUT2D eigenvalue weighted by molar-refractivity contribution is 0.178. The van der Waals surface area contributed by atoms with Gasteiger partial charge in [-0.25, -0.2) is 0 Å². The molecule has 0 aliphatic carbocycles. The van der Waals surface area contributed by atoms with Gasteiger partial charge < -0.3 is 10.5 Å². The third-order valence-corrected chi connectivity index (χ3v) is 4.30. The zero-order chi connectivity index (χ0) is 13.7. The standard InChI is InChI=1S/C17H27NO/c1-3-5-8-13(4-2)11-15(18)17-12-14-9-6-7-10-16(14)19-17/h6-7,9-10,13,15,17H,3-5,8,11-12,18H2,1-2H3. The molecule has 1 heterocycles. The van der Waals surface area contributed by atoms with Gasteiger partial charge in [-0.2, -0.15) is 0 Å². The van der Waals surface area contributed by atoms with Gasteiger partial charge in [0.2, 0.25) is 0 Å². The SMILES string of the molecule is CCCCC(CC)CC(N)C1Cc2ccccc2O1. The molecule has 0 radical (unpaired) electrons. The van der Waals surface area contributed by atoms with E-state index in [4.69, 9.17) is 10.5 Å². The number of benzene rings is 1. The van der Waals surface area contributed by atoms with E-state index in [-0.39, 0.29) is 12.1 Å². The molecule has 0 aromatic heterocycles. The van der Waals surface area contributed by atoms with Crippen molar-refractivity contribution in [2.24, 2.45) is 11.7 Å². The maximum absolute atomic E-state index is 6.38. The summed E-state index contributed by atoms with van der Waals surface area (Å²) in [5.74, 6) is 1.78. The van der Waals surface area contributed by atoms with Crippen molar-refractivity contribution in [2.45, 2.75) is 64.5 Å². The Morgan fingerprint density at radius 1 is 1.32 bits per heavy atom. The lowest BCUT2D eigenvalue weighted by Gasteiger charge is -2.24. The van der Waals surface area contributed by atoms with Gasteiger partial charge in [-0.1, -0.05) is 57.7 Å². The molecule has 1 aromatic carbocycles. The summed E-state index contributed by atoms with van der Waals surface area (Å²) in [4.78, 5) is 0. The fraction of sp³-hybridized carbons (Fsp3) is 0.647. The maximum atomic E-state index is 6.38. The molecule has 1 aliphatic rings. The number of para-hydroxylation sites is 1. The summed E-state index contributed by atoms with van der Waals surface area (Å²) in [6, 6.07) is 8.47. The van der Waals surface area contributed by atoms with E-state index in [0.29, 0.717) is 0 Å². The first kappa shape index (κ1) is 14.4. The van der Waals surface area contributed by atoms with E-state index in [2.05, 4.69) is 32.0 Å². The first-order valence-corrected chi connectivity index (χ1v) is 7.74. The molecular weight excluding hydrogens is 234 g/mol.